The molecular weight excluding hydrogens is 380 g/mol. The molecule has 0 saturated heterocycles. The molecule has 4 rings (SSSR count). The minimum atomic E-state index is 0.867. The average molecular weight is 417 g/mol. The van der Waals surface area contributed by atoms with E-state index in [0.29, 0.717) is 0 Å². The van der Waals surface area contributed by atoms with Crippen molar-refractivity contribution >= 4 is 17.1 Å². The summed E-state index contributed by atoms with van der Waals surface area (Å²) in [6.45, 7) is 14.7. The van der Waals surface area contributed by atoms with E-state index >= 15 is 0 Å². The fourth-order valence-corrected chi connectivity index (χ4v) is 4.35. The molecule has 1 aliphatic rings. The first-order valence-corrected chi connectivity index (χ1v) is 11.5. The van der Waals surface area contributed by atoms with E-state index in [1.165, 1.54) is 46.2 Å². The maximum Gasteiger partial charge on any atom is 0.0202 e. The molecule has 0 fully saturated rings. The highest BCUT2D eigenvalue weighted by Crippen LogP contribution is 2.28. The minimum absolute atomic E-state index is 0.867. The van der Waals surface area contributed by atoms with Crippen LogP contribution in [-0.2, 0) is 12.8 Å². The third-order valence-electron chi connectivity index (χ3n) is 5.49. The Kier molecular flexibility index (Phi) is 8.99. The number of aryl methyl sites for hydroxylation is 3. The van der Waals surface area contributed by atoms with E-state index in [-0.39, 0.29) is 0 Å². The summed E-state index contributed by atoms with van der Waals surface area (Å²) in [4.78, 5) is 0.957. The molecule has 0 heterocycles. The van der Waals surface area contributed by atoms with Crippen molar-refractivity contribution in [3.63, 3.8) is 0 Å². The Labute approximate surface area is 189 Å². The van der Waals surface area contributed by atoms with Crippen molar-refractivity contribution < 1.29 is 0 Å². The largest absolute Gasteiger partial charge is 0.0845 e. The van der Waals surface area contributed by atoms with E-state index in [9.17, 15) is 0 Å². The SMILES string of the molecule is CC.CC(=S)c1c(C)cccc1-c1ccc(C)cc1.Cc1ccc2c(c1)CC(C)C2. The number of fused-ring (bicyclic) bond motifs is 1. The number of hydrogen-bond donors (Lipinski definition) is 0. The lowest BCUT2D eigenvalue weighted by Gasteiger charge is -2.12. The zero-order chi connectivity index (χ0) is 22.3. The van der Waals surface area contributed by atoms with Gasteiger partial charge in [-0.25, -0.2) is 0 Å². The molecule has 0 spiro atoms. The quantitative estimate of drug-likeness (QED) is 0.298. The van der Waals surface area contributed by atoms with Crippen LogP contribution in [0.2, 0.25) is 0 Å². The predicted molar refractivity (Wildman–Crippen MR) is 138 cm³/mol. The molecule has 1 atom stereocenters. The predicted octanol–water partition coefficient (Wildman–Crippen LogP) is 8.46. The molecule has 0 amide bonds. The van der Waals surface area contributed by atoms with Gasteiger partial charge in [-0.3, -0.25) is 0 Å². The summed E-state index contributed by atoms with van der Waals surface area (Å²) >= 11 is 5.36. The van der Waals surface area contributed by atoms with E-state index in [2.05, 4.69) is 88.4 Å². The van der Waals surface area contributed by atoms with E-state index in [0.717, 1.165) is 10.8 Å². The van der Waals surface area contributed by atoms with Crippen molar-refractivity contribution in [1.82, 2.24) is 0 Å². The van der Waals surface area contributed by atoms with Gasteiger partial charge in [-0.2, -0.15) is 0 Å². The monoisotopic (exact) mass is 416 g/mol. The molecule has 1 heteroatoms. The van der Waals surface area contributed by atoms with Gasteiger partial charge in [0.25, 0.3) is 0 Å². The van der Waals surface area contributed by atoms with Crippen molar-refractivity contribution in [3.05, 3.63) is 94.0 Å². The molecule has 0 aliphatic heterocycles. The summed E-state index contributed by atoms with van der Waals surface area (Å²) in [7, 11) is 0. The molecule has 158 valence electrons. The Morgan fingerprint density at radius 2 is 1.40 bits per heavy atom. The fraction of sp³-hybridized carbons (Fsp3) is 0.345. The van der Waals surface area contributed by atoms with Crippen molar-refractivity contribution in [2.75, 3.05) is 0 Å². The van der Waals surface area contributed by atoms with Crippen molar-refractivity contribution in [2.24, 2.45) is 5.92 Å². The molecule has 0 saturated carbocycles. The molecule has 0 aromatic heterocycles. The lowest BCUT2D eigenvalue weighted by Crippen LogP contribution is -1.98. The highest BCUT2D eigenvalue weighted by molar-refractivity contribution is 7.80. The number of rotatable bonds is 2. The van der Waals surface area contributed by atoms with Crippen molar-refractivity contribution in [1.29, 1.82) is 0 Å². The standard InChI is InChI=1S/C16H16S.C11H14.C2H6/c1-11-7-9-14(10-8-11)15-6-4-5-12(2)16(15)13(3)17;1-8-3-4-10-6-9(2)7-11(10)5-8;1-2/h4-10H,1-3H3;3-5,9H,6-7H2,1-2H3;1-2H3. The Balaban J connectivity index is 0.000000212. The molecule has 0 radical (unpaired) electrons. The Hall–Kier alpha value is -2.25. The van der Waals surface area contributed by atoms with Gasteiger partial charge in [0.2, 0.25) is 0 Å². The van der Waals surface area contributed by atoms with Gasteiger partial charge >= 0.3 is 0 Å². The van der Waals surface area contributed by atoms with E-state index in [4.69, 9.17) is 12.2 Å². The molecule has 0 bridgehead atoms. The zero-order valence-electron chi connectivity index (χ0n) is 19.7. The van der Waals surface area contributed by atoms with Crippen LogP contribution in [0.3, 0.4) is 0 Å². The normalized spacial score (nSPS) is 14.0. The van der Waals surface area contributed by atoms with Gasteiger partial charge in [0.05, 0.1) is 0 Å². The van der Waals surface area contributed by atoms with Crippen LogP contribution in [0.25, 0.3) is 11.1 Å². The Morgan fingerprint density at radius 3 is 2.03 bits per heavy atom. The molecule has 3 aromatic rings. The van der Waals surface area contributed by atoms with Gasteiger partial charge in [-0.05, 0) is 79.8 Å². The molecule has 1 unspecified atom stereocenters. The van der Waals surface area contributed by atoms with Gasteiger partial charge in [-0.1, -0.05) is 105 Å². The summed E-state index contributed by atoms with van der Waals surface area (Å²) in [5.74, 6) is 0.867. The van der Waals surface area contributed by atoms with E-state index < -0.39 is 0 Å². The van der Waals surface area contributed by atoms with Gasteiger partial charge in [0.1, 0.15) is 0 Å². The second-order valence-corrected chi connectivity index (χ2v) is 8.82. The summed E-state index contributed by atoms with van der Waals surface area (Å²) in [5, 5.41) is 0. The molecule has 3 aromatic carbocycles. The van der Waals surface area contributed by atoms with Crippen molar-refractivity contribution in [2.45, 2.75) is 61.3 Å². The van der Waals surface area contributed by atoms with Crippen LogP contribution in [0.4, 0.5) is 0 Å². The second-order valence-electron chi connectivity index (χ2n) is 8.21. The van der Waals surface area contributed by atoms with Crippen LogP contribution in [0.5, 0.6) is 0 Å². The highest BCUT2D eigenvalue weighted by Gasteiger charge is 2.16. The summed E-state index contributed by atoms with van der Waals surface area (Å²) in [6, 6.07) is 21.8. The smallest absolute Gasteiger partial charge is 0.0202 e. The number of hydrogen-bond acceptors (Lipinski definition) is 1. The first-order chi connectivity index (χ1) is 14.3. The summed E-state index contributed by atoms with van der Waals surface area (Å²) in [6.07, 6.45) is 2.58. The molecule has 0 N–H and O–H groups in total. The van der Waals surface area contributed by atoms with Crippen LogP contribution in [0.1, 0.15) is 61.1 Å². The lowest BCUT2D eigenvalue weighted by molar-refractivity contribution is 0.628. The lowest BCUT2D eigenvalue weighted by atomic mass is 9.94. The highest BCUT2D eigenvalue weighted by atomic mass is 32.1. The van der Waals surface area contributed by atoms with Crippen LogP contribution >= 0.6 is 12.2 Å². The first kappa shape index (κ1) is 24.0. The fourth-order valence-electron chi connectivity index (χ4n) is 4.08. The summed E-state index contributed by atoms with van der Waals surface area (Å²) < 4.78 is 0. The molecule has 0 nitrogen and oxygen atoms in total. The number of thiocarbonyl (C=S) groups is 1. The Morgan fingerprint density at radius 1 is 0.800 bits per heavy atom. The first-order valence-electron chi connectivity index (χ1n) is 11.1. The van der Waals surface area contributed by atoms with Gasteiger partial charge < -0.3 is 0 Å². The summed E-state index contributed by atoms with van der Waals surface area (Å²) in [5.41, 5.74) is 10.7. The van der Waals surface area contributed by atoms with Crippen molar-refractivity contribution in [3.8, 4) is 11.1 Å². The van der Waals surface area contributed by atoms with E-state index in [1.54, 1.807) is 11.1 Å². The minimum Gasteiger partial charge on any atom is -0.0845 e. The van der Waals surface area contributed by atoms with Crippen LogP contribution in [0, 0.1) is 26.7 Å². The van der Waals surface area contributed by atoms with Crippen LogP contribution in [0.15, 0.2) is 60.7 Å². The average Bonchev–Trinajstić information content (AvgIpc) is 3.09. The molecule has 30 heavy (non-hydrogen) atoms. The van der Waals surface area contributed by atoms with Crippen LogP contribution in [-0.4, -0.2) is 4.86 Å². The van der Waals surface area contributed by atoms with Gasteiger partial charge in [0, 0.05) is 4.86 Å². The van der Waals surface area contributed by atoms with Crippen LogP contribution < -0.4 is 0 Å². The second kappa shape index (κ2) is 11.2. The van der Waals surface area contributed by atoms with Gasteiger partial charge in [-0.15, -0.1) is 0 Å². The van der Waals surface area contributed by atoms with E-state index in [1.807, 2.05) is 20.8 Å². The maximum atomic E-state index is 5.36. The third-order valence-corrected chi connectivity index (χ3v) is 5.69. The third kappa shape index (κ3) is 6.12. The molecular formula is C29H36S. The number of benzene rings is 3. The Bertz CT molecular complexity index is 980. The van der Waals surface area contributed by atoms with Gasteiger partial charge in [0.15, 0.2) is 0 Å². The zero-order valence-corrected chi connectivity index (χ0v) is 20.5. The molecule has 1 aliphatic carbocycles. The topological polar surface area (TPSA) is 0 Å². The maximum absolute atomic E-state index is 5.36.